The van der Waals surface area contributed by atoms with Crippen molar-refractivity contribution in [2.45, 2.75) is 39.2 Å². The third-order valence-electron chi connectivity index (χ3n) is 3.67. The molecule has 0 saturated carbocycles. The summed E-state index contributed by atoms with van der Waals surface area (Å²) >= 11 is 1.64. The predicted molar refractivity (Wildman–Crippen MR) is 79.5 cm³/mol. The molecule has 0 bridgehead atoms. The van der Waals surface area contributed by atoms with Gasteiger partial charge in [-0.2, -0.15) is 0 Å². The highest BCUT2D eigenvalue weighted by molar-refractivity contribution is 7.18. The molecule has 0 aromatic carbocycles. The second-order valence-corrected chi connectivity index (χ2v) is 6.32. The maximum atomic E-state index is 11.4. The molecule has 106 valence electrons. The van der Waals surface area contributed by atoms with E-state index in [0.717, 1.165) is 41.2 Å². The first kappa shape index (κ1) is 13.3. The number of carboxylic acids is 1. The van der Waals surface area contributed by atoms with Crippen LogP contribution in [0.5, 0.6) is 0 Å². The lowest BCUT2D eigenvalue weighted by molar-refractivity contribution is -0.138. The number of nitrogens with zero attached hydrogens (tertiary/aromatic N) is 3. The zero-order chi connectivity index (χ0) is 14.3. The van der Waals surface area contributed by atoms with E-state index in [9.17, 15) is 9.90 Å². The summed E-state index contributed by atoms with van der Waals surface area (Å²) in [7, 11) is 0. The Balaban J connectivity index is 2.16. The quantitative estimate of drug-likeness (QED) is 0.941. The van der Waals surface area contributed by atoms with Crippen LogP contribution in [0.4, 0.5) is 5.82 Å². The number of aryl methyl sites for hydroxylation is 2. The first-order valence-electron chi connectivity index (χ1n) is 6.86. The molecule has 1 saturated heterocycles. The van der Waals surface area contributed by atoms with E-state index in [1.807, 2.05) is 18.7 Å². The van der Waals surface area contributed by atoms with E-state index in [2.05, 4.69) is 16.0 Å². The molecule has 0 aliphatic carbocycles. The summed E-state index contributed by atoms with van der Waals surface area (Å²) < 4.78 is 0. The molecule has 1 atom stereocenters. The lowest BCUT2D eigenvalue weighted by Crippen LogP contribution is -2.36. The van der Waals surface area contributed by atoms with Gasteiger partial charge in [-0.05, 0) is 25.8 Å². The third-order valence-corrected chi connectivity index (χ3v) is 4.61. The highest BCUT2D eigenvalue weighted by Crippen LogP contribution is 2.34. The van der Waals surface area contributed by atoms with Crippen molar-refractivity contribution >= 4 is 33.3 Å². The van der Waals surface area contributed by atoms with Gasteiger partial charge < -0.3 is 10.0 Å². The smallest absolute Gasteiger partial charge is 0.326 e. The number of carbonyl (C=O) groups is 1. The number of thiophene rings is 1. The van der Waals surface area contributed by atoms with Gasteiger partial charge in [0.2, 0.25) is 0 Å². The molecule has 0 amide bonds. The van der Waals surface area contributed by atoms with Crippen LogP contribution >= 0.6 is 11.3 Å². The van der Waals surface area contributed by atoms with Gasteiger partial charge in [0.1, 0.15) is 22.5 Å². The largest absolute Gasteiger partial charge is 0.480 e. The van der Waals surface area contributed by atoms with Crippen LogP contribution in [-0.2, 0) is 11.2 Å². The van der Waals surface area contributed by atoms with Gasteiger partial charge in [0, 0.05) is 17.8 Å². The van der Waals surface area contributed by atoms with Gasteiger partial charge in [0.25, 0.3) is 0 Å². The van der Waals surface area contributed by atoms with Crippen molar-refractivity contribution in [1.82, 2.24) is 9.97 Å². The number of hydrogen-bond acceptors (Lipinski definition) is 5. The molecule has 2 aromatic heterocycles. The summed E-state index contributed by atoms with van der Waals surface area (Å²) in [6.45, 7) is 4.81. The van der Waals surface area contributed by atoms with Crippen molar-refractivity contribution in [2.24, 2.45) is 0 Å². The van der Waals surface area contributed by atoms with E-state index in [1.165, 1.54) is 4.88 Å². The van der Waals surface area contributed by atoms with E-state index in [1.54, 1.807) is 11.3 Å². The summed E-state index contributed by atoms with van der Waals surface area (Å²) in [6.07, 6.45) is 2.34. The first-order chi connectivity index (χ1) is 9.60. The van der Waals surface area contributed by atoms with Crippen LogP contribution in [0.2, 0.25) is 0 Å². The lowest BCUT2D eigenvalue weighted by Gasteiger charge is -2.23. The van der Waals surface area contributed by atoms with Crippen molar-refractivity contribution in [3.8, 4) is 0 Å². The van der Waals surface area contributed by atoms with Crippen LogP contribution in [0.15, 0.2) is 6.07 Å². The number of anilines is 1. The Morgan fingerprint density at radius 2 is 2.35 bits per heavy atom. The number of rotatable bonds is 3. The Bertz CT molecular complexity index is 668. The van der Waals surface area contributed by atoms with Gasteiger partial charge >= 0.3 is 5.97 Å². The van der Waals surface area contributed by atoms with Crippen molar-refractivity contribution in [3.63, 3.8) is 0 Å². The second-order valence-electron chi connectivity index (χ2n) is 5.08. The maximum Gasteiger partial charge on any atom is 0.326 e. The van der Waals surface area contributed by atoms with Crippen LogP contribution in [0.3, 0.4) is 0 Å². The van der Waals surface area contributed by atoms with Crippen LogP contribution in [0.25, 0.3) is 10.2 Å². The minimum Gasteiger partial charge on any atom is -0.480 e. The molecule has 0 spiro atoms. The van der Waals surface area contributed by atoms with E-state index in [0.29, 0.717) is 6.42 Å². The Hall–Kier alpha value is -1.69. The Morgan fingerprint density at radius 1 is 1.55 bits per heavy atom. The zero-order valence-electron chi connectivity index (χ0n) is 11.6. The molecule has 20 heavy (non-hydrogen) atoms. The van der Waals surface area contributed by atoms with Crippen LogP contribution in [0.1, 0.15) is 30.5 Å². The fourth-order valence-electron chi connectivity index (χ4n) is 2.72. The molecule has 1 N–H and O–H groups in total. The fraction of sp³-hybridized carbons (Fsp3) is 0.500. The number of fused-ring (bicyclic) bond motifs is 1. The monoisotopic (exact) mass is 291 g/mol. The second kappa shape index (κ2) is 5.01. The van der Waals surface area contributed by atoms with Crippen molar-refractivity contribution in [2.75, 3.05) is 11.4 Å². The third kappa shape index (κ3) is 2.14. The fourth-order valence-corrected chi connectivity index (χ4v) is 3.62. The van der Waals surface area contributed by atoms with E-state index in [-0.39, 0.29) is 0 Å². The van der Waals surface area contributed by atoms with Gasteiger partial charge in [-0.15, -0.1) is 11.3 Å². The normalized spacial score (nSPS) is 18.9. The molecule has 1 aliphatic heterocycles. The number of carboxylic acid groups (broad SMARTS) is 1. The Kier molecular flexibility index (Phi) is 3.33. The Morgan fingerprint density at radius 3 is 3.05 bits per heavy atom. The van der Waals surface area contributed by atoms with Gasteiger partial charge in [-0.1, -0.05) is 6.92 Å². The summed E-state index contributed by atoms with van der Waals surface area (Å²) in [6, 6.07) is 1.60. The number of aliphatic carboxylic acids is 1. The number of aromatic nitrogens is 2. The summed E-state index contributed by atoms with van der Waals surface area (Å²) in [5.41, 5.74) is 0. The summed E-state index contributed by atoms with van der Waals surface area (Å²) in [4.78, 5) is 24.6. The van der Waals surface area contributed by atoms with Crippen LogP contribution in [0, 0.1) is 6.92 Å². The standard InChI is InChI=1S/C14H17N3O2S/c1-3-11-15-12(9-7-8(2)20-13(9)16-11)17-6-4-5-10(17)14(18)19/h7,10H,3-6H2,1-2H3,(H,18,19)/t10-/m1/s1. The molecule has 3 heterocycles. The van der Waals surface area contributed by atoms with E-state index >= 15 is 0 Å². The molecule has 3 rings (SSSR count). The van der Waals surface area contributed by atoms with Crippen molar-refractivity contribution in [3.05, 3.63) is 16.8 Å². The SMILES string of the molecule is CCc1nc(N2CCC[C@@H]2C(=O)O)c2cc(C)sc2n1. The molecule has 2 aromatic rings. The zero-order valence-corrected chi connectivity index (χ0v) is 12.4. The molecule has 1 fully saturated rings. The van der Waals surface area contributed by atoms with Crippen molar-refractivity contribution < 1.29 is 9.90 Å². The minimum atomic E-state index is -0.765. The molecule has 6 heteroatoms. The van der Waals surface area contributed by atoms with E-state index < -0.39 is 12.0 Å². The molecular weight excluding hydrogens is 274 g/mol. The molecule has 0 unspecified atom stereocenters. The van der Waals surface area contributed by atoms with Gasteiger partial charge in [0.05, 0.1) is 5.39 Å². The number of hydrogen-bond donors (Lipinski definition) is 1. The highest BCUT2D eigenvalue weighted by Gasteiger charge is 2.33. The minimum absolute atomic E-state index is 0.460. The van der Waals surface area contributed by atoms with Gasteiger partial charge in [0.15, 0.2) is 0 Å². The van der Waals surface area contributed by atoms with Gasteiger partial charge in [-0.25, -0.2) is 14.8 Å². The lowest BCUT2D eigenvalue weighted by atomic mass is 10.2. The van der Waals surface area contributed by atoms with Crippen LogP contribution in [-0.4, -0.2) is 33.6 Å². The summed E-state index contributed by atoms with van der Waals surface area (Å²) in [5.74, 6) is 0.811. The first-order valence-corrected chi connectivity index (χ1v) is 7.68. The van der Waals surface area contributed by atoms with Crippen LogP contribution < -0.4 is 4.90 Å². The average Bonchev–Trinajstić information content (AvgIpc) is 3.02. The maximum absolute atomic E-state index is 11.4. The predicted octanol–water partition coefficient (Wildman–Crippen LogP) is 2.62. The molecule has 0 radical (unpaired) electrons. The molecule has 1 aliphatic rings. The summed E-state index contributed by atoms with van der Waals surface area (Å²) in [5, 5.41) is 10.4. The van der Waals surface area contributed by atoms with Crippen molar-refractivity contribution in [1.29, 1.82) is 0 Å². The highest BCUT2D eigenvalue weighted by atomic mass is 32.1. The average molecular weight is 291 g/mol. The molecular formula is C14H17N3O2S. The van der Waals surface area contributed by atoms with E-state index in [4.69, 9.17) is 0 Å². The van der Waals surface area contributed by atoms with Gasteiger partial charge in [-0.3, -0.25) is 0 Å². The molecule has 5 nitrogen and oxygen atoms in total. The Labute approximate surface area is 121 Å². The topological polar surface area (TPSA) is 66.3 Å².